The van der Waals surface area contributed by atoms with E-state index < -0.39 is 0 Å². The highest BCUT2D eigenvalue weighted by Gasteiger charge is 2.23. The van der Waals surface area contributed by atoms with Gasteiger partial charge in [-0.05, 0) is 43.2 Å². The fourth-order valence-electron chi connectivity index (χ4n) is 2.88. The van der Waals surface area contributed by atoms with Gasteiger partial charge in [0.15, 0.2) is 0 Å². The van der Waals surface area contributed by atoms with Crippen LogP contribution < -0.4 is 11.0 Å². The summed E-state index contributed by atoms with van der Waals surface area (Å²) in [6.07, 6.45) is 2.55. The average molecular weight is 291 g/mol. The SMILES string of the molecule is CC(NC1CCCSC1C)c1ccc2[nH]c(=O)[nH]c2c1. The zero-order valence-corrected chi connectivity index (χ0v) is 12.7. The number of H-pyrrole nitrogens is 2. The van der Waals surface area contributed by atoms with Crippen LogP contribution >= 0.6 is 11.8 Å². The lowest BCUT2D eigenvalue weighted by Gasteiger charge is -2.32. The fourth-order valence-corrected chi connectivity index (χ4v) is 4.03. The summed E-state index contributed by atoms with van der Waals surface area (Å²) in [6, 6.07) is 6.99. The summed E-state index contributed by atoms with van der Waals surface area (Å²) in [4.78, 5) is 16.9. The Morgan fingerprint density at radius 1 is 1.35 bits per heavy atom. The molecule has 0 spiro atoms. The molecule has 1 saturated heterocycles. The molecule has 3 rings (SSSR count). The number of hydrogen-bond acceptors (Lipinski definition) is 3. The molecule has 1 aromatic heterocycles. The van der Waals surface area contributed by atoms with Crippen molar-refractivity contribution in [1.29, 1.82) is 0 Å². The van der Waals surface area contributed by atoms with Gasteiger partial charge in [-0.25, -0.2) is 4.79 Å². The lowest BCUT2D eigenvalue weighted by atomic mass is 10.0. The molecule has 2 aromatic rings. The second-order valence-electron chi connectivity index (χ2n) is 5.60. The lowest BCUT2D eigenvalue weighted by molar-refractivity contribution is 0.417. The molecule has 0 radical (unpaired) electrons. The molecule has 0 aliphatic carbocycles. The summed E-state index contributed by atoms with van der Waals surface area (Å²) >= 11 is 2.05. The van der Waals surface area contributed by atoms with Crippen LogP contribution in [0.4, 0.5) is 0 Å². The van der Waals surface area contributed by atoms with Crippen LogP contribution in [0.15, 0.2) is 23.0 Å². The summed E-state index contributed by atoms with van der Waals surface area (Å²) in [6.45, 7) is 4.50. The normalized spacial score (nSPS) is 24.9. The van der Waals surface area contributed by atoms with Gasteiger partial charge in [0.2, 0.25) is 0 Å². The first kappa shape index (κ1) is 13.8. The van der Waals surface area contributed by atoms with Gasteiger partial charge in [0, 0.05) is 17.3 Å². The van der Waals surface area contributed by atoms with Crippen molar-refractivity contribution >= 4 is 22.8 Å². The summed E-state index contributed by atoms with van der Waals surface area (Å²) in [5, 5.41) is 4.40. The molecule has 1 aliphatic rings. The number of rotatable bonds is 3. The molecular weight excluding hydrogens is 270 g/mol. The Labute approximate surface area is 122 Å². The maximum Gasteiger partial charge on any atom is 0.323 e. The van der Waals surface area contributed by atoms with Gasteiger partial charge in [0.05, 0.1) is 11.0 Å². The number of hydrogen-bond donors (Lipinski definition) is 3. The van der Waals surface area contributed by atoms with E-state index in [0.29, 0.717) is 17.3 Å². The molecule has 0 amide bonds. The molecule has 2 heterocycles. The number of fused-ring (bicyclic) bond motifs is 1. The van der Waals surface area contributed by atoms with Gasteiger partial charge in [-0.15, -0.1) is 0 Å². The summed E-state index contributed by atoms with van der Waals surface area (Å²) < 4.78 is 0. The second kappa shape index (κ2) is 5.66. The number of benzene rings is 1. The molecule has 0 bridgehead atoms. The fraction of sp³-hybridized carbons (Fsp3) is 0.533. The van der Waals surface area contributed by atoms with Gasteiger partial charge in [0.25, 0.3) is 0 Å². The van der Waals surface area contributed by atoms with Crippen LogP contribution in [0.3, 0.4) is 0 Å². The van der Waals surface area contributed by atoms with Crippen LogP contribution in [0.1, 0.15) is 38.3 Å². The van der Waals surface area contributed by atoms with E-state index in [1.807, 2.05) is 6.07 Å². The van der Waals surface area contributed by atoms with Crippen LogP contribution in [0.5, 0.6) is 0 Å². The third kappa shape index (κ3) is 2.79. The first-order chi connectivity index (χ1) is 9.63. The third-order valence-corrected chi connectivity index (χ3v) is 5.49. The van der Waals surface area contributed by atoms with Crippen LogP contribution in [-0.4, -0.2) is 27.0 Å². The highest BCUT2D eigenvalue weighted by molar-refractivity contribution is 7.99. The monoisotopic (exact) mass is 291 g/mol. The molecular formula is C15H21N3OS. The van der Waals surface area contributed by atoms with Gasteiger partial charge in [-0.3, -0.25) is 0 Å². The van der Waals surface area contributed by atoms with Crippen molar-refractivity contribution in [3.05, 3.63) is 34.2 Å². The van der Waals surface area contributed by atoms with Gasteiger partial charge in [0.1, 0.15) is 0 Å². The predicted molar refractivity (Wildman–Crippen MR) is 85.4 cm³/mol. The van der Waals surface area contributed by atoms with E-state index >= 15 is 0 Å². The maximum atomic E-state index is 11.3. The molecule has 1 aromatic carbocycles. The number of nitrogens with one attached hydrogen (secondary N) is 3. The van der Waals surface area contributed by atoms with Crippen molar-refractivity contribution in [3.8, 4) is 0 Å². The van der Waals surface area contributed by atoms with E-state index in [0.717, 1.165) is 11.0 Å². The number of aromatic nitrogens is 2. The third-order valence-electron chi connectivity index (χ3n) is 4.11. The second-order valence-corrected chi connectivity index (χ2v) is 7.08. The number of imidazole rings is 1. The van der Waals surface area contributed by atoms with Crippen molar-refractivity contribution in [2.75, 3.05) is 5.75 Å². The van der Waals surface area contributed by atoms with E-state index in [-0.39, 0.29) is 5.69 Å². The Balaban J connectivity index is 1.77. The standard InChI is InChI=1S/C15H21N3OS/c1-9(16-12-4-3-7-20-10(12)2)11-5-6-13-14(8-11)18-15(19)17-13/h5-6,8-10,12,16H,3-4,7H2,1-2H3,(H2,17,18,19). The van der Waals surface area contributed by atoms with E-state index in [4.69, 9.17) is 0 Å². The molecule has 3 atom stereocenters. The first-order valence-electron chi connectivity index (χ1n) is 7.23. The minimum Gasteiger partial charge on any atom is -0.306 e. The van der Waals surface area contributed by atoms with Crippen molar-refractivity contribution in [3.63, 3.8) is 0 Å². The Bertz CT molecular complexity index is 648. The summed E-state index contributed by atoms with van der Waals surface area (Å²) in [5.74, 6) is 1.28. The van der Waals surface area contributed by atoms with Gasteiger partial charge in [-0.2, -0.15) is 11.8 Å². The largest absolute Gasteiger partial charge is 0.323 e. The molecule has 3 N–H and O–H groups in total. The molecule has 20 heavy (non-hydrogen) atoms. The van der Waals surface area contributed by atoms with E-state index in [9.17, 15) is 4.79 Å². The lowest BCUT2D eigenvalue weighted by Crippen LogP contribution is -2.40. The molecule has 4 nitrogen and oxygen atoms in total. The minimum atomic E-state index is -0.143. The van der Waals surface area contributed by atoms with Crippen molar-refractivity contribution < 1.29 is 0 Å². The molecule has 3 unspecified atom stereocenters. The highest BCUT2D eigenvalue weighted by atomic mass is 32.2. The smallest absolute Gasteiger partial charge is 0.306 e. The van der Waals surface area contributed by atoms with Crippen LogP contribution in [0.2, 0.25) is 0 Å². The van der Waals surface area contributed by atoms with Crippen molar-refractivity contribution in [2.45, 2.75) is 44.0 Å². The van der Waals surface area contributed by atoms with Crippen molar-refractivity contribution in [2.24, 2.45) is 0 Å². The zero-order valence-electron chi connectivity index (χ0n) is 11.9. The van der Waals surface area contributed by atoms with E-state index in [1.54, 1.807) is 0 Å². The summed E-state index contributed by atoms with van der Waals surface area (Å²) in [5.41, 5.74) is 2.82. The maximum absolute atomic E-state index is 11.3. The van der Waals surface area contributed by atoms with Crippen LogP contribution in [0, 0.1) is 0 Å². The van der Waals surface area contributed by atoms with E-state index in [2.05, 4.69) is 53.0 Å². The van der Waals surface area contributed by atoms with Gasteiger partial charge < -0.3 is 15.3 Å². The molecule has 5 heteroatoms. The Morgan fingerprint density at radius 2 is 2.15 bits per heavy atom. The number of aromatic amines is 2. The molecule has 1 aliphatic heterocycles. The quantitative estimate of drug-likeness (QED) is 0.815. The predicted octanol–water partition coefficient (Wildman–Crippen LogP) is 2.79. The number of thioether (sulfide) groups is 1. The Kier molecular flexibility index (Phi) is 3.89. The van der Waals surface area contributed by atoms with Crippen molar-refractivity contribution in [1.82, 2.24) is 15.3 Å². The van der Waals surface area contributed by atoms with Crippen LogP contribution in [-0.2, 0) is 0 Å². The summed E-state index contributed by atoms with van der Waals surface area (Å²) in [7, 11) is 0. The van der Waals surface area contributed by atoms with Crippen LogP contribution in [0.25, 0.3) is 11.0 Å². The molecule has 108 valence electrons. The molecule has 1 fully saturated rings. The molecule has 0 saturated carbocycles. The topological polar surface area (TPSA) is 60.7 Å². The van der Waals surface area contributed by atoms with Gasteiger partial charge in [-0.1, -0.05) is 13.0 Å². The zero-order chi connectivity index (χ0) is 14.1. The average Bonchev–Trinajstić information content (AvgIpc) is 2.80. The first-order valence-corrected chi connectivity index (χ1v) is 8.28. The van der Waals surface area contributed by atoms with Gasteiger partial charge >= 0.3 is 5.69 Å². The van der Waals surface area contributed by atoms with E-state index in [1.165, 1.54) is 24.2 Å². The minimum absolute atomic E-state index is 0.143. The Morgan fingerprint density at radius 3 is 2.95 bits per heavy atom. The Hall–Kier alpha value is -1.20. The highest BCUT2D eigenvalue weighted by Crippen LogP contribution is 2.27.